The van der Waals surface area contributed by atoms with E-state index in [2.05, 4.69) is 30.8 Å². The highest BCUT2D eigenvalue weighted by molar-refractivity contribution is 5.92. The second-order valence-corrected chi connectivity index (χ2v) is 9.71. The standard InChI is InChI=1S/C27H32N8O3/c36-25-10-6-12-34-18-22(31-32-34)16-29-26(37)24-19-33(17-21-9-4-5-11-28-21)13-14-35(24)27(38)23(30-25)15-20-7-2-1-3-8-20/h1-5,7-9,11,18,23-24H,6,10,12-17,19H2,(H,29,37)(H,30,36)/t23-,24+/m0/s1. The van der Waals surface area contributed by atoms with E-state index >= 15 is 0 Å². The van der Waals surface area contributed by atoms with Gasteiger partial charge in [-0.15, -0.1) is 5.10 Å². The van der Waals surface area contributed by atoms with Gasteiger partial charge in [0.25, 0.3) is 0 Å². The monoisotopic (exact) mass is 516 g/mol. The molecular formula is C27H32N8O3. The number of piperazine rings is 1. The zero-order valence-electron chi connectivity index (χ0n) is 21.2. The molecule has 4 heterocycles. The Bertz CT molecular complexity index is 1250. The van der Waals surface area contributed by atoms with Crippen molar-refractivity contribution in [3.63, 3.8) is 0 Å². The van der Waals surface area contributed by atoms with Crippen molar-refractivity contribution in [1.29, 1.82) is 0 Å². The summed E-state index contributed by atoms with van der Waals surface area (Å²) in [5, 5.41) is 14.1. The molecule has 0 spiro atoms. The molecule has 0 aliphatic carbocycles. The maximum Gasteiger partial charge on any atom is 0.246 e. The van der Waals surface area contributed by atoms with Crippen LogP contribution in [0, 0.1) is 0 Å². The van der Waals surface area contributed by atoms with Crippen LogP contribution in [0.15, 0.2) is 60.9 Å². The first kappa shape index (κ1) is 25.5. The molecule has 1 aromatic carbocycles. The van der Waals surface area contributed by atoms with Crippen LogP contribution in [0.3, 0.4) is 0 Å². The summed E-state index contributed by atoms with van der Waals surface area (Å²) >= 11 is 0. The van der Waals surface area contributed by atoms with Crippen LogP contribution < -0.4 is 10.6 Å². The summed E-state index contributed by atoms with van der Waals surface area (Å²) in [6, 6.07) is 13.9. The lowest BCUT2D eigenvalue weighted by molar-refractivity contribution is -0.146. The SMILES string of the molecule is O=C1CCCn2cc(nn2)CNC(=O)[C@H]2CN(Cc3ccccn3)CCN2C(=O)[C@H](Cc2ccccc2)N1. The number of carbonyl (C=O) groups excluding carboxylic acids is 3. The number of hydrogen-bond acceptors (Lipinski definition) is 7. The van der Waals surface area contributed by atoms with Gasteiger partial charge in [-0.2, -0.15) is 0 Å². The van der Waals surface area contributed by atoms with E-state index in [1.165, 1.54) is 0 Å². The Morgan fingerprint density at radius 1 is 0.974 bits per heavy atom. The van der Waals surface area contributed by atoms with Gasteiger partial charge in [-0.25, -0.2) is 0 Å². The smallest absolute Gasteiger partial charge is 0.246 e. The fourth-order valence-electron chi connectivity index (χ4n) is 4.93. The largest absolute Gasteiger partial charge is 0.348 e. The number of aromatic nitrogens is 4. The highest BCUT2D eigenvalue weighted by Crippen LogP contribution is 2.17. The van der Waals surface area contributed by atoms with Crippen molar-refractivity contribution >= 4 is 17.7 Å². The molecule has 11 nitrogen and oxygen atoms in total. The summed E-state index contributed by atoms with van der Waals surface area (Å²) < 4.78 is 1.67. The van der Waals surface area contributed by atoms with E-state index in [1.807, 2.05) is 48.5 Å². The number of carbonyl (C=O) groups is 3. The number of pyridine rings is 1. The van der Waals surface area contributed by atoms with E-state index < -0.39 is 12.1 Å². The van der Waals surface area contributed by atoms with Crippen molar-refractivity contribution < 1.29 is 14.4 Å². The molecule has 2 aromatic heterocycles. The summed E-state index contributed by atoms with van der Waals surface area (Å²) in [6.07, 6.45) is 4.68. The van der Waals surface area contributed by atoms with Crippen molar-refractivity contribution in [2.24, 2.45) is 0 Å². The summed E-state index contributed by atoms with van der Waals surface area (Å²) in [5.41, 5.74) is 2.46. The molecule has 11 heteroatoms. The fraction of sp³-hybridized carbons (Fsp3) is 0.407. The third-order valence-electron chi connectivity index (χ3n) is 6.90. The van der Waals surface area contributed by atoms with Gasteiger partial charge in [-0.1, -0.05) is 41.6 Å². The van der Waals surface area contributed by atoms with Gasteiger partial charge in [0.2, 0.25) is 17.7 Å². The number of amides is 3. The van der Waals surface area contributed by atoms with Gasteiger partial charge in [0, 0.05) is 51.8 Å². The minimum absolute atomic E-state index is 0.204. The summed E-state index contributed by atoms with van der Waals surface area (Å²) in [4.78, 5) is 48.5. The van der Waals surface area contributed by atoms with Gasteiger partial charge in [0.15, 0.2) is 0 Å². The van der Waals surface area contributed by atoms with E-state index in [9.17, 15) is 14.4 Å². The Morgan fingerprint density at radius 2 is 1.82 bits per heavy atom. The third-order valence-corrected chi connectivity index (χ3v) is 6.90. The van der Waals surface area contributed by atoms with Crippen LogP contribution in [0.2, 0.25) is 0 Å². The number of hydrogen-bond donors (Lipinski definition) is 2. The highest BCUT2D eigenvalue weighted by Gasteiger charge is 2.38. The summed E-state index contributed by atoms with van der Waals surface area (Å²) in [7, 11) is 0. The molecule has 2 bridgehead atoms. The van der Waals surface area contributed by atoms with Crippen molar-refractivity contribution in [2.45, 2.75) is 51.0 Å². The fourth-order valence-corrected chi connectivity index (χ4v) is 4.93. The molecule has 0 unspecified atom stereocenters. The predicted octanol–water partition coefficient (Wildman–Crippen LogP) is 0.524. The minimum atomic E-state index is -0.773. The molecule has 5 rings (SSSR count). The normalized spacial score (nSPS) is 21.6. The van der Waals surface area contributed by atoms with Crippen molar-refractivity contribution in [1.82, 2.24) is 40.4 Å². The van der Waals surface area contributed by atoms with E-state index in [0.29, 0.717) is 51.3 Å². The van der Waals surface area contributed by atoms with Crippen molar-refractivity contribution in [2.75, 3.05) is 19.6 Å². The Morgan fingerprint density at radius 3 is 2.63 bits per heavy atom. The van der Waals surface area contributed by atoms with Crippen LogP contribution >= 0.6 is 0 Å². The number of benzene rings is 1. The highest BCUT2D eigenvalue weighted by atomic mass is 16.2. The van der Waals surface area contributed by atoms with Crippen molar-refractivity contribution in [3.8, 4) is 0 Å². The molecule has 1 fully saturated rings. The van der Waals surface area contributed by atoms with Crippen LogP contribution in [-0.2, 0) is 40.4 Å². The zero-order valence-corrected chi connectivity index (χ0v) is 21.2. The molecule has 3 amide bonds. The number of fused-ring (bicyclic) bond motifs is 3. The first-order valence-electron chi connectivity index (χ1n) is 13.0. The molecule has 2 atom stereocenters. The average Bonchev–Trinajstić information content (AvgIpc) is 3.39. The summed E-state index contributed by atoms with van der Waals surface area (Å²) in [5.74, 6) is -0.721. The second kappa shape index (κ2) is 12.0. The zero-order chi connectivity index (χ0) is 26.3. The number of nitrogens with zero attached hydrogens (tertiary/aromatic N) is 6. The maximum absolute atomic E-state index is 14.0. The molecule has 1 saturated heterocycles. The molecule has 2 N–H and O–H groups in total. The van der Waals surface area contributed by atoms with Crippen LogP contribution in [-0.4, -0.2) is 79.2 Å². The van der Waals surface area contributed by atoms with Gasteiger partial charge in [0.1, 0.15) is 17.8 Å². The summed E-state index contributed by atoms with van der Waals surface area (Å²) in [6.45, 7) is 2.61. The van der Waals surface area contributed by atoms with Gasteiger partial charge >= 0.3 is 0 Å². The molecule has 0 saturated carbocycles. The Kier molecular flexibility index (Phi) is 8.03. The molecule has 38 heavy (non-hydrogen) atoms. The van der Waals surface area contributed by atoms with Gasteiger partial charge in [-0.3, -0.25) is 28.9 Å². The molecule has 0 radical (unpaired) electrons. The average molecular weight is 517 g/mol. The van der Waals surface area contributed by atoms with Crippen LogP contribution in [0.5, 0.6) is 0 Å². The topological polar surface area (TPSA) is 125 Å². The van der Waals surface area contributed by atoms with E-state index in [4.69, 9.17) is 0 Å². The van der Waals surface area contributed by atoms with Gasteiger partial charge in [-0.05, 0) is 24.1 Å². The van der Waals surface area contributed by atoms with Crippen LogP contribution in [0.1, 0.15) is 29.8 Å². The molecule has 2 aliphatic heterocycles. The minimum Gasteiger partial charge on any atom is -0.348 e. The lowest BCUT2D eigenvalue weighted by Gasteiger charge is -2.41. The van der Waals surface area contributed by atoms with Gasteiger partial charge < -0.3 is 15.5 Å². The van der Waals surface area contributed by atoms with Crippen LogP contribution in [0.4, 0.5) is 0 Å². The third kappa shape index (κ3) is 6.41. The maximum atomic E-state index is 14.0. The van der Waals surface area contributed by atoms with Crippen LogP contribution in [0.25, 0.3) is 0 Å². The Balaban J connectivity index is 1.41. The molecule has 3 aromatic rings. The van der Waals surface area contributed by atoms with Crippen molar-refractivity contribution in [3.05, 3.63) is 77.9 Å². The second-order valence-electron chi connectivity index (χ2n) is 9.71. The van der Waals surface area contributed by atoms with E-state index in [1.54, 1.807) is 22.0 Å². The lowest BCUT2D eigenvalue weighted by Crippen LogP contribution is -2.63. The number of rotatable bonds is 4. The number of nitrogens with one attached hydrogen (secondary N) is 2. The Hall–Kier alpha value is -4.12. The Labute approximate surface area is 221 Å². The quantitative estimate of drug-likeness (QED) is 0.518. The predicted molar refractivity (Wildman–Crippen MR) is 138 cm³/mol. The molecule has 198 valence electrons. The lowest BCUT2D eigenvalue weighted by atomic mass is 10.0. The van der Waals surface area contributed by atoms with E-state index in [0.717, 1.165) is 11.3 Å². The molecular weight excluding hydrogens is 484 g/mol. The first-order valence-corrected chi connectivity index (χ1v) is 13.0. The number of aryl methyl sites for hydroxylation is 1. The van der Waals surface area contributed by atoms with Gasteiger partial charge in [0.05, 0.1) is 18.4 Å². The molecule has 2 aliphatic rings. The first-order chi connectivity index (χ1) is 18.5. The van der Waals surface area contributed by atoms with E-state index in [-0.39, 0.29) is 30.7 Å².